The zero-order valence-corrected chi connectivity index (χ0v) is 14.7. The summed E-state index contributed by atoms with van der Waals surface area (Å²) in [5.41, 5.74) is 1.76. The lowest BCUT2D eigenvalue weighted by Crippen LogP contribution is -2.31. The van der Waals surface area contributed by atoms with Gasteiger partial charge in [0, 0.05) is 19.0 Å². The number of nitrogens with zero attached hydrogens (tertiary/aromatic N) is 3. The molecule has 0 saturated carbocycles. The Morgan fingerprint density at radius 3 is 2.92 bits per heavy atom. The number of ether oxygens (including phenoxy) is 2. The monoisotopic (exact) mass is 361 g/mol. The molecule has 4 rings (SSSR count). The lowest BCUT2D eigenvalue weighted by molar-refractivity contribution is 0.204. The molecule has 1 saturated heterocycles. The highest BCUT2D eigenvalue weighted by Gasteiger charge is 2.34. The van der Waals surface area contributed by atoms with E-state index in [1.807, 2.05) is 13.0 Å². The minimum atomic E-state index is -3.53. The van der Waals surface area contributed by atoms with Crippen molar-refractivity contribution < 1.29 is 17.9 Å². The van der Waals surface area contributed by atoms with Crippen LogP contribution in [0, 0.1) is 6.92 Å². The molecule has 0 amide bonds. The number of fused-ring (bicyclic) bond motifs is 1. The first-order chi connectivity index (χ1) is 12.0. The molecular weight excluding hydrogens is 342 g/mol. The van der Waals surface area contributed by atoms with Gasteiger partial charge in [-0.15, -0.1) is 5.10 Å². The standard InChI is InChI=1S/C17H19N3O4S/c1-12-2-5-17(19-18-12)24-14-6-8-20(11-14)25(21,22)15-3-4-16-13(10-15)7-9-23-16/h2-5,10,14H,6-9,11H2,1H3. The van der Waals surface area contributed by atoms with Gasteiger partial charge in [0.1, 0.15) is 11.9 Å². The molecule has 0 bridgehead atoms. The average Bonchev–Trinajstić information content (AvgIpc) is 3.25. The molecule has 7 nitrogen and oxygen atoms in total. The molecule has 25 heavy (non-hydrogen) atoms. The summed E-state index contributed by atoms with van der Waals surface area (Å²) in [6, 6.07) is 8.63. The van der Waals surface area contributed by atoms with E-state index >= 15 is 0 Å². The van der Waals surface area contributed by atoms with Crippen molar-refractivity contribution in [2.45, 2.75) is 30.8 Å². The first kappa shape index (κ1) is 16.3. The summed E-state index contributed by atoms with van der Waals surface area (Å²) in [5, 5.41) is 7.92. The fourth-order valence-corrected chi connectivity index (χ4v) is 4.64. The summed E-state index contributed by atoms with van der Waals surface area (Å²) in [4.78, 5) is 0.313. The Bertz CT molecular complexity index is 883. The second kappa shape index (κ2) is 6.27. The Balaban J connectivity index is 1.47. The molecule has 3 heterocycles. The molecule has 0 aliphatic carbocycles. The highest BCUT2D eigenvalue weighted by Crippen LogP contribution is 2.30. The maximum absolute atomic E-state index is 12.9. The van der Waals surface area contributed by atoms with Crippen molar-refractivity contribution in [3.05, 3.63) is 41.6 Å². The molecule has 2 aliphatic heterocycles. The van der Waals surface area contributed by atoms with Gasteiger partial charge in [-0.1, -0.05) is 0 Å². The fraction of sp³-hybridized carbons (Fsp3) is 0.412. The molecule has 1 atom stereocenters. The molecule has 0 radical (unpaired) electrons. The Labute approximate surface area is 146 Å². The van der Waals surface area contributed by atoms with Crippen molar-refractivity contribution in [2.75, 3.05) is 19.7 Å². The predicted octanol–water partition coefficient (Wildman–Crippen LogP) is 1.56. The predicted molar refractivity (Wildman–Crippen MR) is 90.2 cm³/mol. The summed E-state index contributed by atoms with van der Waals surface area (Å²) in [7, 11) is -3.53. The number of hydrogen-bond acceptors (Lipinski definition) is 6. The number of hydrogen-bond donors (Lipinski definition) is 0. The first-order valence-corrected chi connectivity index (χ1v) is 9.69. The van der Waals surface area contributed by atoms with Crippen molar-refractivity contribution in [1.82, 2.24) is 14.5 Å². The zero-order chi connectivity index (χ0) is 17.4. The van der Waals surface area contributed by atoms with E-state index in [0.717, 1.165) is 23.4 Å². The molecule has 2 aliphatic rings. The van der Waals surface area contributed by atoms with Gasteiger partial charge in [0.15, 0.2) is 0 Å². The third-order valence-corrected chi connectivity index (χ3v) is 6.33. The lowest BCUT2D eigenvalue weighted by Gasteiger charge is -2.17. The van der Waals surface area contributed by atoms with Crippen LogP contribution >= 0.6 is 0 Å². The summed E-state index contributed by atoms with van der Waals surface area (Å²) in [6.07, 6.45) is 1.16. The molecule has 132 valence electrons. The number of benzene rings is 1. The van der Waals surface area contributed by atoms with E-state index < -0.39 is 10.0 Å². The van der Waals surface area contributed by atoms with Gasteiger partial charge < -0.3 is 9.47 Å². The minimum Gasteiger partial charge on any atom is -0.493 e. The summed E-state index contributed by atoms with van der Waals surface area (Å²) >= 11 is 0. The summed E-state index contributed by atoms with van der Waals surface area (Å²) in [6.45, 7) is 3.20. The van der Waals surface area contributed by atoms with Crippen LogP contribution in [0.1, 0.15) is 17.7 Å². The Hall–Kier alpha value is -2.19. The van der Waals surface area contributed by atoms with Crippen molar-refractivity contribution in [2.24, 2.45) is 0 Å². The number of sulfonamides is 1. The maximum Gasteiger partial charge on any atom is 0.243 e. The fourth-order valence-electron chi connectivity index (χ4n) is 3.10. The minimum absolute atomic E-state index is 0.218. The smallest absolute Gasteiger partial charge is 0.243 e. The Morgan fingerprint density at radius 2 is 2.12 bits per heavy atom. The highest BCUT2D eigenvalue weighted by molar-refractivity contribution is 7.89. The van der Waals surface area contributed by atoms with Crippen LogP contribution in [0.2, 0.25) is 0 Å². The van der Waals surface area contributed by atoms with E-state index in [-0.39, 0.29) is 6.10 Å². The van der Waals surface area contributed by atoms with Gasteiger partial charge in [0.05, 0.1) is 23.7 Å². The van der Waals surface area contributed by atoms with E-state index in [1.54, 1.807) is 24.3 Å². The molecule has 0 spiro atoms. The first-order valence-electron chi connectivity index (χ1n) is 8.25. The van der Waals surface area contributed by atoms with Gasteiger partial charge in [0.25, 0.3) is 0 Å². The second-order valence-corrected chi connectivity index (χ2v) is 8.21. The van der Waals surface area contributed by atoms with Crippen LogP contribution in [-0.2, 0) is 16.4 Å². The molecular formula is C17H19N3O4S. The highest BCUT2D eigenvalue weighted by atomic mass is 32.2. The van der Waals surface area contributed by atoms with E-state index in [2.05, 4.69) is 10.2 Å². The van der Waals surface area contributed by atoms with Crippen LogP contribution in [-0.4, -0.2) is 48.7 Å². The van der Waals surface area contributed by atoms with Crippen LogP contribution in [0.25, 0.3) is 0 Å². The maximum atomic E-state index is 12.9. The SMILES string of the molecule is Cc1ccc(OC2CCN(S(=O)(=O)c3ccc4c(c3)CCO4)C2)nn1. The van der Waals surface area contributed by atoms with Gasteiger partial charge in [0.2, 0.25) is 15.9 Å². The van der Waals surface area contributed by atoms with Gasteiger partial charge in [-0.3, -0.25) is 0 Å². The third kappa shape index (κ3) is 3.19. The van der Waals surface area contributed by atoms with Gasteiger partial charge in [-0.05, 0) is 43.2 Å². The van der Waals surface area contributed by atoms with Crippen molar-refractivity contribution in [3.8, 4) is 11.6 Å². The van der Waals surface area contributed by atoms with Gasteiger partial charge >= 0.3 is 0 Å². The van der Waals surface area contributed by atoms with Gasteiger partial charge in [-0.25, -0.2) is 8.42 Å². The van der Waals surface area contributed by atoms with Gasteiger partial charge in [-0.2, -0.15) is 9.40 Å². The largest absolute Gasteiger partial charge is 0.493 e. The molecule has 1 fully saturated rings. The average molecular weight is 361 g/mol. The second-order valence-electron chi connectivity index (χ2n) is 6.27. The molecule has 2 aromatic rings. The topological polar surface area (TPSA) is 81.6 Å². The van der Waals surface area contributed by atoms with Crippen LogP contribution < -0.4 is 9.47 Å². The third-order valence-electron chi connectivity index (χ3n) is 4.47. The van der Waals surface area contributed by atoms with E-state index in [9.17, 15) is 8.42 Å². The van der Waals surface area contributed by atoms with Crippen LogP contribution in [0.5, 0.6) is 11.6 Å². The summed E-state index contributed by atoms with van der Waals surface area (Å²) in [5.74, 6) is 1.20. The molecule has 8 heteroatoms. The van der Waals surface area contributed by atoms with Crippen molar-refractivity contribution in [3.63, 3.8) is 0 Å². The number of aryl methyl sites for hydroxylation is 1. The van der Waals surface area contributed by atoms with Crippen LogP contribution in [0.15, 0.2) is 35.2 Å². The zero-order valence-electron chi connectivity index (χ0n) is 13.9. The lowest BCUT2D eigenvalue weighted by atomic mass is 10.2. The Morgan fingerprint density at radius 1 is 1.24 bits per heavy atom. The van der Waals surface area contributed by atoms with Crippen LogP contribution in [0.4, 0.5) is 0 Å². The molecule has 1 aromatic heterocycles. The van der Waals surface area contributed by atoms with E-state index in [4.69, 9.17) is 9.47 Å². The Kier molecular flexibility index (Phi) is 4.09. The van der Waals surface area contributed by atoms with Crippen molar-refractivity contribution in [1.29, 1.82) is 0 Å². The molecule has 1 unspecified atom stereocenters. The van der Waals surface area contributed by atoms with Crippen molar-refractivity contribution >= 4 is 10.0 Å². The van der Waals surface area contributed by atoms with E-state index in [0.29, 0.717) is 36.9 Å². The number of aromatic nitrogens is 2. The normalized spacial score (nSPS) is 20.3. The quantitative estimate of drug-likeness (QED) is 0.822. The molecule has 1 aromatic carbocycles. The van der Waals surface area contributed by atoms with E-state index in [1.165, 1.54) is 4.31 Å². The number of rotatable bonds is 4. The van der Waals surface area contributed by atoms with Crippen LogP contribution in [0.3, 0.4) is 0 Å². The summed E-state index contributed by atoms with van der Waals surface area (Å²) < 4.78 is 38.4. The molecule has 0 N–H and O–H groups in total.